The van der Waals surface area contributed by atoms with Crippen molar-refractivity contribution in [3.05, 3.63) is 53.7 Å². The SMILES string of the molecule is CCN(CC)C(C)CNC(=O)c1cc(-c2cnn3ccc(-c4cccs4)nc23)nc(N2CC3(CCC3(F)F)C2)c1. The van der Waals surface area contributed by atoms with Crippen LogP contribution in [0.2, 0.25) is 0 Å². The van der Waals surface area contributed by atoms with E-state index in [9.17, 15) is 13.6 Å². The van der Waals surface area contributed by atoms with Gasteiger partial charge >= 0.3 is 0 Å². The van der Waals surface area contributed by atoms with Crippen LogP contribution < -0.4 is 10.2 Å². The molecule has 0 bridgehead atoms. The number of thiophene rings is 1. The molecule has 1 saturated heterocycles. The number of nitrogens with zero attached hydrogens (tertiary/aromatic N) is 6. The number of carbonyl (C=O) groups is 1. The van der Waals surface area contributed by atoms with Crippen LogP contribution in [-0.4, -0.2) is 75.1 Å². The first-order valence-corrected chi connectivity index (χ1v) is 14.7. The molecule has 2 aliphatic rings. The number of rotatable bonds is 9. The van der Waals surface area contributed by atoms with E-state index in [1.54, 1.807) is 34.2 Å². The van der Waals surface area contributed by atoms with Crippen LogP contribution in [-0.2, 0) is 0 Å². The lowest BCUT2D eigenvalue weighted by atomic mass is 9.60. The summed E-state index contributed by atoms with van der Waals surface area (Å²) in [6, 6.07) is 9.52. The van der Waals surface area contributed by atoms with Gasteiger partial charge in [0, 0.05) is 43.9 Å². The maximum absolute atomic E-state index is 14.3. The van der Waals surface area contributed by atoms with Crippen LogP contribution in [0.25, 0.3) is 27.5 Å². The van der Waals surface area contributed by atoms with E-state index in [0.717, 1.165) is 23.7 Å². The number of hydrogen-bond donors (Lipinski definition) is 1. The third-order valence-electron chi connectivity index (χ3n) is 8.49. The Morgan fingerprint density at radius 3 is 2.60 bits per heavy atom. The number of amides is 1. The maximum Gasteiger partial charge on any atom is 0.257 e. The van der Waals surface area contributed by atoms with Crippen molar-refractivity contribution < 1.29 is 13.6 Å². The Bertz CT molecular complexity index is 1530. The molecule has 1 unspecified atom stereocenters. The number of nitrogens with one attached hydrogen (secondary N) is 1. The number of alkyl halides is 2. The van der Waals surface area contributed by atoms with Gasteiger partial charge in [-0.3, -0.25) is 9.69 Å². The summed E-state index contributed by atoms with van der Waals surface area (Å²) in [7, 11) is 0. The van der Waals surface area contributed by atoms with Crippen molar-refractivity contribution in [1.82, 2.24) is 29.8 Å². The molecule has 40 heavy (non-hydrogen) atoms. The highest BCUT2D eigenvalue weighted by molar-refractivity contribution is 7.13. The minimum absolute atomic E-state index is 0.0622. The van der Waals surface area contributed by atoms with Crippen LogP contribution in [0.1, 0.15) is 44.0 Å². The van der Waals surface area contributed by atoms with E-state index < -0.39 is 11.3 Å². The van der Waals surface area contributed by atoms with Crippen molar-refractivity contribution in [2.45, 2.75) is 45.6 Å². The van der Waals surface area contributed by atoms with Crippen LogP contribution >= 0.6 is 11.3 Å². The second-order valence-corrected chi connectivity index (χ2v) is 11.8. The predicted octanol–water partition coefficient (Wildman–Crippen LogP) is 5.22. The summed E-state index contributed by atoms with van der Waals surface area (Å²) in [5.74, 6) is -2.36. The van der Waals surface area contributed by atoms with Gasteiger partial charge in [0.1, 0.15) is 5.82 Å². The van der Waals surface area contributed by atoms with Crippen LogP contribution in [0.4, 0.5) is 14.6 Å². The van der Waals surface area contributed by atoms with Gasteiger partial charge in [0.15, 0.2) is 5.65 Å². The van der Waals surface area contributed by atoms with Gasteiger partial charge in [-0.25, -0.2) is 23.3 Å². The summed E-state index contributed by atoms with van der Waals surface area (Å²) in [5.41, 5.74) is 2.10. The summed E-state index contributed by atoms with van der Waals surface area (Å²) >= 11 is 1.60. The number of pyridine rings is 1. The molecule has 1 amide bonds. The number of likely N-dealkylation sites (N-methyl/N-ethyl adjacent to an activating group) is 1. The van der Waals surface area contributed by atoms with Crippen LogP contribution in [0, 0.1) is 5.41 Å². The molecule has 5 heterocycles. The molecule has 11 heteroatoms. The smallest absolute Gasteiger partial charge is 0.257 e. The Balaban J connectivity index is 1.34. The fraction of sp³-hybridized carbons (Fsp3) is 0.448. The van der Waals surface area contributed by atoms with E-state index in [1.165, 1.54) is 0 Å². The molecule has 1 N–H and O–H groups in total. The fourth-order valence-corrected chi connectivity index (χ4v) is 6.48. The van der Waals surface area contributed by atoms with Gasteiger partial charge in [-0.15, -0.1) is 11.3 Å². The van der Waals surface area contributed by atoms with E-state index in [-0.39, 0.29) is 31.5 Å². The molecule has 8 nitrogen and oxygen atoms in total. The number of aromatic nitrogens is 4. The average Bonchev–Trinajstić information content (AvgIpc) is 3.61. The fourth-order valence-electron chi connectivity index (χ4n) is 5.78. The van der Waals surface area contributed by atoms with Gasteiger partial charge in [0.05, 0.1) is 33.4 Å². The van der Waals surface area contributed by atoms with Gasteiger partial charge in [0.25, 0.3) is 11.8 Å². The quantitative estimate of drug-likeness (QED) is 0.300. The Hall–Kier alpha value is -3.44. The van der Waals surface area contributed by atoms with Crippen molar-refractivity contribution >= 4 is 28.7 Å². The summed E-state index contributed by atoms with van der Waals surface area (Å²) in [6.45, 7) is 9.03. The van der Waals surface area contributed by atoms with Crippen molar-refractivity contribution in [2.24, 2.45) is 5.41 Å². The molecule has 6 rings (SSSR count). The van der Waals surface area contributed by atoms with Gasteiger partial charge < -0.3 is 10.2 Å². The monoisotopic (exact) mass is 565 g/mol. The van der Waals surface area contributed by atoms with Crippen molar-refractivity contribution in [2.75, 3.05) is 37.6 Å². The Kier molecular flexibility index (Phi) is 6.82. The highest BCUT2D eigenvalue weighted by Gasteiger charge is 2.67. The van der Waals surface area contributed by atoms with Crippen LogP contribution in [0.3, 0.4) is 0 Å². The first kappa shape index (κ1) is 26.8. The van der Waals surface area contributed by atoms with E-state index in [0.29, 0.717) is 41.3 Å². The Labute approximate surface area is 236 Å². The maximum atomic E-state index is 14.3. The first-order valence-electron chi connectivity index (χ1n) is 13.8. The number of hydrogen-bond acceptors (Lipinski definition) is 7. The zero-order chi connectivity index (χ0) is 28.1. The molecule has 1 aliphatic carbocycles. The molecular weight excluding hydrogens is 532 g/mol. The van der Waals surface area contributed by atoms with Gasteiger partial charge in [-0.2, -0.15) is 5.10 Å². The lowest BCUT2D eigenvalue weighted by molar-refractivity contribution is -0.212. The van der Waals surface area contributed by atoms with E-state index >= 15 is 0 Å². The molecule has 4 aromatic rings. The zero-order valence-corrected chi connectivity index (χ0v) is 23.7. The standard InChI is InChI=1S/C29H33F2N7OS/c1-4-36(5-2)19(3)15-32-27(39)20-13-23(34-25(14-20)37-17-28(18-37)9-10-29(28,30)31)21-16-33-38-11-8-22(35-26(21)38)24-7-6-12-40-24/h6-8,11-14,16,19H,4-5,9-10,15,17-18H2,1-3H3,(H,32,39). The molecular formula is C29H33F2N7OS. The predicted molar refractivity (Wildman–Crippen MR) is 153 cm³/mol. The zero-order valence-electron chi connectivity index (χ0n) is 22.9. The number of halogens is 2. The summed E-state index contributed by atoms with van der Waals surface area (Å²) < 4.78 is 30.3. The second-order valence-electron chi connectivity index (χ2n) is 10.8. The topological polar surface area (TPSA) is 78.7 Å². The van der Waals surface area contributed by atoms with E-state index in [2.05, 4.69) is 36.1 Å². The highest BCUT2D eigenvalue weighted by atomic mass is 32.1. The molecule has 0 radical (unpaired) electrons. The number of carbonyl (C=O) groups excluding carboxylic acids is 1. The molecule has 1 saturated carbocycles. The molecule has 1 spiro atoms. The third-order valence-corrected chi connectivity index (χ3v) is 9.38. The first-order chi connectivity index (χ1) is 19.2. The normalized spacial score (nSPS) is 18.1. The van der Waals surface area contributed by atoms with Crippen LogP contribution in [0.15, 0.2) is 48.1 Å². The van der Waals surface area contributed by atoms with Gasteiger partial charge in [-0.05, 0) is 56.1 Å². The summed E-state index contributed by atoms with van der Waals surface area (Å²) in [4.78, 5) is 28.2. The number of fused-ring (bicyclic) bond motifs is 1. The lowest BCUT2D eigenvalue weighted by Crippen LogP contribution is -2.70. The average molecular weight is 566 g/mol. The summed E-state index contributed by atoms with van der Waals surface area (Å²) in [6.07, 6.45) is 3.99. The number of anilines is 1. The largest absolute Gasteiger partial charge is 0.355 e. The summed E-state index contributed by atoms with van der Waals surface area (Å²) in [5, 5.41) is 9.52. The third kappa shape index (κ3) is 4.54. The molecule has 0 aromatic carbocycles. The molecule has 210 valence electrons. The minimum atomic E-state index is -2.65. The van der Waals surface area contributed by atoms with Crippen molar-refractivity contribution in [3.8, 4) is 21.8 Å². The Morgan fingerprint density at radius 2 is 1.95 bits per heavy atom. The van der Waals surface area contributed by atoms with Gasteiger partial charge in [0.2, 0.25) is 0 Å². The highest BCUT2D eigenvalue weighted by Crippen LogP contribution is 2.59. The van der Waals surface area contributed by atoms with Crippen LogP contribution in [0.5, 0.6) is 0 Å². The van der Waals surface area contributed by atoms with E-state index in [1.807, 2.05) is 34.7 Å². The molecule has 4 aromatic heterocycles. The molecule has 1 atom stereocenters. The van der Waals surface area contributed by atoms with Crippen molar-refractivity contribution in [3.63, 3.8) is 0 Å². The Morgan fingerprint density at radius 1 is 1.15 bits per heavy atom. The molecule has 2 fully saturated rings. The van der Waals surface area contributed by atoms with Gasteiger partial charge in [-0.1, -0.05) is 19.9 Å². The second kappa shape index (κ2) is 10.2. The minimum Gasteiger partial charge on any atom is -0.355 e. The van der Waals surface area contributed by atoms with E-state index in [4.69, 9.17) is 9.97 Å². The van der Waals surface area contributed by atoms with Crippen molar-refractivity contribution in [1.29, 1.82) is 0 Å². The molecule has 1 aliphatic heterocycles. The lowest BCUT2D eigenvalue weighted by Gasteiger charge is -2.60.